The summed E-state index contributed by atoms with van der Waals surface area (Å²) in [6, 6.07) is 11.0. The summed E-state index contributed by atoms with van der Waals surface area (Å²) in [5.41, 5.74) is 7.20. The smallest absolute Gasteiger partial charge is 0.276 e. The number of hydrogen-bond donors (Lipinski definition) is 3. The highest BCUT2D eigenvalue weighted by Gasteiger charge is 2.15. The monoisotopic (exact) mass is 270 g/mol. The summed E-state index contributed by atoms with van der Waals surface area (Å²) < 4.78 is 13.2. The number of amides is 1. The number of benzene rings is 2. The Kier molecular flexibility index (Phi) is 2.83. The molecule has 1 heterocycles. The van der Waals surface area contributed by atoms with Crippen molar-refractivity contribution in [3.63, 3.8) is 0 Å². The molecule has 1 amide bonds. The SMILES string of the molecule is Nc1ccc(F)cc1NC(=O)c1n[nH]c2ccccc12. The number of nitrogen functional groups attached to an aromatic ring is 1. The van der Waals surface area contributed by atoms with Crippen molar-refractivity contribution in [1.29, 1.82) is 0 Å². The van der Waals surface area contributed by atoms with Gasteiger partial charge in [0.15, 0.2) is 5.69 Å². The summed E-state index contributed by atoms with van der Waals surface area (Å²) in [5, 5.41) is 9.99. The van der Waals surface area contributed by atoms with Gasteiger partial charge in [0.25, 0.3) is 5.91 Å². The lowest BCUT2D eigenvalue weighted by Gasteiger charge is -2.06. The number of carbonyl (C=O) groups excluding carboxylic acids is 1. The van der Waals surface area contributed by atoms with E-state index < -0.39 is 11.7 Å². The third-order valence-corrected chi connectivity index (χ3v) is 2.95. The molecule has 0 spiro atoms. The summed E-state index contributed by atoms with van der Waals surface area (Å²) in [6.45, 7) is 0. The summed E-state index contributed by atoms with van der Waals surface area (Å²) in [7, 11) is 0. The van der Waals surface area contributed by atoms with E-state index in [2.05, 4.69) is 15.5 Å². The normalized spacial score (nSPS) is 10.7. The van der Waals surface area contributed by atoms with Crippen LogP contribution in [-0.4, -0.2) is 16.1 Å². The van der Waals surface area contributed by atoms with Crippen LogP contribution in [0.5, 0.6) is 0 Å². The number of halogens is 1. The van der Waals surface area contributed by atoms with Gasteiger partial charge < -0.3 is 11.1 Å². The average Bonchev–Trinajstić information content (AvgIpc) is 2.87. The van der Waals surface area contributed by atoms with Gasteiger partial charge in [-0.05, 0) is 24.3 Å². The minimum Gasteiger partial charge on any atom is -0.397 e. The molecule has 0 unspecified atom stereocenters. The molecule has 3 aromatic rings. The number of para-hydroxylation sites is 1. The van der Waals surface area contributed by atoms with E-state index in [1.807, 2.05) is 18.2 Å². The Morgan fingerprint density at radius 2 is 2.05 bits per heavy atom. The van der Waals surface area contributed by atoms with Crippen LogP contribution in [0.25, 0.3) is 10.9 Å². The fourth-order valence-electron chi connectivity index (χ4n) is 1.95. The summed E-state index contributed by atoms with van der Waals surface area (Å²) >= 11 is 0. The van der Waals surface area contributed by atoms with Crippen LogP contribution < -0.4 is 11.1 Å². The zero-order valence-corrected chi connectivity index (χ0v) is 10.4. The fourth-order valence-corrected chi connectivity index (χ4v) is 1.95. The van der Waals surface area contributed by atoms with Gasteiger partial charge in [-0.25, -0.2) is 4.39 Å². The van der Waals surface area contributed by atoms with Crippen molar-refractivity contribution in [3.8, 4) is 0 Å². The van der Waals surface area contributed by atoms with E-state index in [-0.39, 0.29) is 11.4 Å². The molecule has 0 atom stereocenters. The molecule has 0 saturated heterocycles. The lowest BCUT2D eigenvalue weighted by Crippen LogP contribution is -2.14. The number of H-pyrrole nitrogens is 1. The van der Waals surface area contributed by atoms with E-state index in [1.165, 1.54) is 18.2 Å². The van der Waals surface area contributed by atoms with Crippen molar-refractivity contribution in [2.24, 2.45) is 0 Å². The number of anilines is 2. The number of nitrogens with one attached hydrogen (secondary N) is 2. The van der Waals surface area contributed by atoms with Crippen LogP contribution in [0.3, 0.4) is 0 Å². The third-order valence-electron chi connectivity index (χ3n) is 2.95. The molecule has 0 radical (unpaired) electrons. The Balaban J connectivity index is 1.95. The maximum Gasteiger partial charge on any atom is 0.276 e. The molecule has 2 aromatic carbocycles. The van der Waals surface area contributed by atoms with E-state index >= 15 is 0 Å². The molecule has 1 aromatic heterocycles. The molecule has 20 heavy (non-hydrogen) atoms. The molecule has 5 nitrogen and oxygen atoms in total. The molecule has 0 aliphatic heterocycles. The molecule has 0 saturated carbocycles. The van der Waals surface area contributed by atoms with Crippen molar-refractivity contribution in [3.05, 3.63) is 54.0 Å². The van der Waals surface area contributed by atoms with Gasteiger partial charge in [0, 0.05) is 5.39 Å². The van der Waals surface area contributed by atoms with Crippen molar-refractivity contribution in [2.75, 3.05) is 11.1 Å². The van der Waals surface area contributed by atoms with Crippen molar-refractivity contribution in [2.45, 2.75) is 0 Å². The van der Waals surface area contributed by atoms with Gasteiger partial charge >= 0.3 is 0 Å². The average molecular weight is 270 g/mol. The standard InChI is InChI=1S/C14H11FN4O/c15-8-5-6-10(16)12(7-8)17-14(20)13-9-3-1-2-4-11(9)18-19-13/h1-7H,16H2,(H,17,20)(H,18,19). The largest absolute Gasteiger partial charge is 0.397 e. The van der Waals surface area contributed by atoms with E-state index in [9.17, 15) is 9.18 Å². The van der Waals surface area contributed by atoms with Gasteiger partial charge in [0.2, 0.25) is 0 Å². The maximum atomic E-state index is 13.2. The Morgan fingerprint density at radius 3 is 2.90 bits per heavy atom. The van der Waals surface area contributed by atoms with Gasteiger partial charge in [-0.2, -0.15) is 5.10 Å². The van der Waals surface area contributed by atoms with Crippen LogP contribution in [0.4, 0.5) is 15.8 Å². The number of rotatable bonds is 2. The van der Waals surface area contributed by atoms with Gasteiger partial charge in [-0.15, -0.1) is 0 Å². The number of carbonyl (C=O) groups is 1. The molecular formula is C14H11FN4O. The van der Waals surface area contributed by atoms with Gasteiger partial charge in [-0.1, -0.05) is 18.2 Å². The van der Waals surface area contributed by atoms with Crippen LogP contribution >= 0.6 is 0 Å². The minimum atomic E-state index is -0.471. The predicted octanol–water partition coefficient (Wildman–Crippen LogP) is 2.54. The fraction of sp³-hybridized carbons (Fsp3) is 0. The molecule has 0 fully saturated rings. The summed E-state index contributed by atoms with van der Waals surface area (Å²) in [5.74, 6) is -0.916. The molecule has 6 heteroatoms. The predicted molar refractivity (Wildman–Crippen MR) is 74.9 cm³/mol. The van der Waals surface area contributed by atoms with E-state index in [0.29, 0.717) is 11.1 Å². The lowest BCUT2D eigenvalue weighted by molar-refractivity contribution is 0.102. The number of hydrogen-bond acceptors (Lipinski definition) is 3. The van der Waals surface area contributed by atoms with Gasteiger partial charge in [0.1, 0.15) is 5.82 Å². The van der Waals surface area contributed by atoms with Crippen molar-refractivity contribution >= 4 is 28.2 Å². The Hall–Kier alpha value is -2.89. The van der Waals surface area contributed by atoms with Crippen LogP contribution in [-0.2, 0) is 0 Å². The molecule has 100 valence electrons. The first-order valence-electron chi connectivity index (χ1n) is 5.94. The first kappa shape index (κ1) is 12.2. The van der Waals surface area contributed by atoms with E-state index in [0.717, 1.165) is 5.52 Å². The van der Waals surface area contributed by atoms with Crippen LogP contribution in [0, 0.1) is 5.82 Å². The highest BCUT2D eigenvalue weighted by atomic mass is 19.1. The second-order valence-corrected chi connectivity index (χ2v) is 4.30. The van der Waals surface area contributed by atoms with Crippen LogP contribution in [0.2, 0.25) is 0 Å². The molecule has 0 aliphatic rings. The molecule has 0 bridgehead atoms. The number of nitrogens with zero attached hydrogens (tertiary/aromatic N) is 1. The number of aromatic nitrogens is 2. The van der Waals surface area contributed by atoms with E-state index in [1.54, 1.807) is 6.07 Å². The highest BCUT2D eigenvalue weighted by molar-refractivity contribution is 6.11. The zero-order valence-electron chi connectivity index (χ0n) is 10.4. The first-order valence-corrected chi connectivity index (χ1v) is 5.94. The molecule has 0 aliphatic carbocycles. The maximum absolute atomic E-state index is 13.2. The second kappa shape index (κ2) is 4.65. The quantitative estimate of drug-likeness (QED) is 0.626. The van der Waals surface area contributed by atoms with Crippen molar-refractivity contribution in [1.82, 2.24) is 10.2 Å². The zero-order chi connectivity index (χ0) is 14.1. The third kappa shape index (κ3) is 2.07. The number of aromatic amines is 1. The number of nitrogens with two attached hydrogens (primary N) is 1. The summed E-state index contributed by atoms with van der Waals surface area (Å²) in [4.78, 5) is 12.2. The molecule has 4 N–H and O–H groups in total. The Morgan fingerprint density at radius 1 is 1.25 bits per heavy atom. The second-order valence-electron chi connectivity index (χ2n) is 4.30. The van der Waals surface area contributed by atoms with E-state index in [4.69, 9.17) is 5.73 Å². The molecule has 3 rings (SSSR count). The van der Waals surface area contributed by atoms with Crippen molar-refractivity contribution < 1.29 is 9.18 Å². The number of fused-ring (bicyclic) bond motifs is 1. The highest BCUT2D eigenvalue weighted by Crippen LogP contribution is 2.21. The first-order chi connectivity index (χ1) is 9.65. The van der Waals surface area contributed by atoms with Gasteiger partial charge in [0.05, 0.1) is 16.9 Å². The minimum absolute atomic E-state index is 0.224. The van der Waals surface area contributed by atoms with Crippen LogP contribution in [0.1, 0.15) is 10.5 Å². The Bertz CT molecular complexity index is 797. The topological polar surface area (TPSA) is 83.8 Å². The van der Waals surface area contributed by atoms with Crippen LogP contribution in [0.15, 0.2) is 42.5 Å². The lowest BCUT2D eigenvalue weighted by atomic mass is 10.2. The Labute approximate surface area is 113 Å². The van der Waals surface area contributed by atoms with Gasteiger partial charge in [-0.3, -0.25) is 9.89 Å². The summed E-state index contributed by atoms with van der Waals surface area (Å²) in [6.07, 6.45) is 0. The molecular weight excluding hydrogens is 259 g/mol.